The molecule has 2 rings (SSSR count). The molecule has 0 spiro atoms. The lowest BCUT2D eigenvalue weighted by atomic mass is 9.87. The summed E-state index contributed by atoms with van der Waals surface area (Å²) in [6.07, 6.45) is 2.97. The number of hydrogen-bond donors (Lipinski definition) is 0. The highest BCUT2D eigenvalue weighted by Crippen LogP contribution is 2.28. The van der Waals surface area contributed by atoms with E-state index in [9.17, 15) is 14.4 Å². The van der Waals surface area contributed by atoms with Gasteiger partial charge in [-0.05, 0) is 53.4 Å². The molecule has 1 aliphatic heterocycles. The van der Waals surface area contributed by atoms with Crippen molar-refractivity contribution in [2.24, 2.45) is 5.92 Å². The Morgan fingerprint density at radius 1 is 1.15 bits per heavy atom. The van der Waals surface area contributed by atoms with Crippen molar-refractivity contribution < 1.29 is 28.6 Å². The fraction of sp³-hybridized carbons (Fsp3) is 0.842. The quantitative estimate of drug-likeness (QED) is 0.693. The Morgan fingerprint density at radius 2 is 1.81 bits per heavy atom. The highest BCUT2D eigenvalue weighted by atomic mass is 16.6. The molecule has 7 heteroatoms. The minimum Gasteiger partial charge on any atom is -0.466 e. The van der Waals surface area contributed by atoms with Crippen LogP contribution in [0.2, 0.25) is 0 Å². The third-order valence-electron chi connectivity index (χ3n) is 4.70. The second-order valence-electron chi connectivity index (χ2n) is 8.06. The molecule has 0 bridgehead atoms. The van der Waals surface area contributed by atoms with Gasteiger partial charge in [-0.2, -0.15) is 0 Å². The van der Waals surface area contributed by atoms with Crippen LogP contribution in [0.15, 0.2) is 0 Å². The highest BCUT2D eigenvalue weighted by molar-refractivity contribution is 5.88. The Morgan fingerprint density at radius 3 is 2.38 bits per heavy atom. The molecule has 1 heterocycles. The van der Waals surface area contributed by atoms with Crippen LogP contribution in [0.25, 0.3) is 0 Å². The van der Waals surface area contributed by atoms with Gasteiger partial charge in [-0.15, -0.1) is 0 Å². The first-order valence-electron chi connectivity index (χ1n) is 9.49. The van der Waals surface area contributed by atoms with Gasteiger partial charge in [-0.25, -0.2) is 4.79 Å². The summed E-state index contributed by atoms with van der Waals surface area (Å²) in [6, 6.07) is -0.278. The van der Waals surface area contributed by atoms with E-state index >= 15 is 0 Å². The van der Waals surface area contributed by atoms with E-state index < -0.39 is 11.7 Å². The van der Waals surface area contributed by atoms with Crippen LogP contribution in [-0.4, -0.2) is 60.3 Å². The molecular formula is C19H31NO6. The van der Waals surface area contributed by atoms with Gasteiger partial charge >= 0.3 is 12.1 Å². The SMILES string of the molecule is CCOC(=O)[C@H]1CC[C@H](OC[C@@H]2CC(=O)CN2C(=O)OC(C)(C)C)CC1. The van der Waals surface area contributed by atoms with E-state index in [2.05, 4.69) is 0 Å². The summed E-state index contributed by atoms with van der Waals surface area (Å²) in [7, 11) is 0. The number of ketones is 1. The first kappa shape index (κ1) is 20.7. The minimum absolute atomic E-state index is 0.0236. The molecule has 0 unspecified atom stereocenters. The monoisotopic (exact) mass is 369 g/mol. The molecule has 1 saturated carbocycles. The van der Waals surface area contributed by atoms with Gasteiger partial charge in [0.2, 0.25) is 0 Å². The van der Waals surface area contributed by atoms with Crippen LogP contribution in [0.5, 0.6) is 0 Å². The normalized spacial score (nSPS) is 26.7. The summed E-state index contributed by atoms with van der Waals surface area (Å²) >= 11 is 0. The maximum Gasteiger partial charge on any atom is 0.411 e. The number of rotatable bonds is 5. The van der Waals surface area contributed by atoms with Crippen molar-refractivity contribution in [1.29, 1.82) is 0 Å². The summed E-state index contributed by atoms with van der Waals surface area (Å²) in [5.74, 6) is -0.139. The molecule has 1 saturated heterocycles. The topological polar surface area (TPSA) is 82.1 Å². The van der Waals surface area contributed by atoms with Crippen molar-refractivity contribution in [3.05, 3.63) is 0 Å². The van der Waals surface area contributed by atoms with Crippen molar-refractivity contribution in [3.63, 3.8) is 0 Å². The van der Waals surface area contributed by atoms with E-state index in [0.29, 0.717) is 19.6 Å². The fourth-order valence-electron chi connectivity index (χ4n) is 3.41. The number of nitrogens with zero attached hydrogens (tertiary/aromatic N) is 1. The first-order valence-corrected chi connectivity index (χ1v) is 9.49. The zero-order chi connectivity index (χ0) is 19.3. The standard InChI is InChI=1S/C19H31NO6/c1-5-24-17(22)13-6-8-16(9-7-13)25-12-14-10-15(21)11-20(14)18(23)26-19(2,3)4/h13-14,16H,5-12H2,1-4H3/t13-,14-,16-/m0/s1. The third kappa shape index (κ3) is 5.97. The second kappa shape index (κ2) is 8.84. The van der Waals surface area contributed by atoms with Gasteiger partial charge in [0.1, 0.15) is 5.60 Å². The Hall–Kier alpha value is -1.63. The number of amides is 1. The van der Waals surface area contributed by atoms with Crippen LogP contribution in [0.3, 0.4) is 0 Å². The summed E-state index contributed by atoms with van der Waals surface area (Å²) < 4.78 is 16.4. The predicted molar refractivity (Wildman–Crippen MR) is 94.7 cm³/mol. The zero-order valence-electron chi connectivity index (χ0n) is 16.3. The largest absolute Gasteiger partial charge is 0.466 e. The number of Topliss-reactive ketones (excluding diaryl/α,β-unsaturated/α-hetero) is 1. The average molecular weight is 369 g/mol. The van der Waals surface area contributed by atoms with E-state index in [-0.39, 0.29) is 36.4 Å². The first-order chi connectivity index (χ1) is 12.2. The summed E-state index contributed by atoms with van der Waals surface area (Å²) in [5, 5.41) is 0. The fourth-order valence-corrected chi connectivity index (χ4v) is 3.41. The molecule has 0 aromatic rings. The van der Waals surface area contributed by atoms with Crippen LogP contribution in [0, 0.1) is 5.92 Å². The Balaban J connectivity index is 1.80. The number of hydrogen-bond acceptors (Lipinski definition) is 6. The van der Waals surface area contributed by atoms with E-state index in [4.69, 9.17) is 14.2 Å². The zero-order valence-corrected chi connectivity index (χ0v) is 16.3. The van der Waals surface area contributed by atoms with E-state index in [1.165, 1.54) is 4.90 Å². The maximum atomic E-state index is 12.3. The summed E-state index contributed by atoms with van der Waals surface area (Å²) in [5.41, 5.74) is -0.598. The highest BCUT2D eigenvalue weighted by Gasteiger charge is 2.37. The number of likely N-dealkylation sites (tertiary alicyclic amines) is 1. The predicted octanol–water partition coefficient (Wildman–Crippen LogP) is 2.70. The van der Waals surface area contributed by atoms with Crippen molar-refractivity contribution in [2.75, 3.05) is 19.8 Å². The molecule has 1 aliphatic carbocycles. The van der Waals surface area contributed by atoms with E-state index in [1.807, 2.05) is 6.92 Å². The van der Waals surface area contributed by atoms with Gasteiger partial charge in [0.15, 0.2) is 5.78 Å². The van der Waals surface area contributed by atoms with Gasteiger partial charge < -0.3 is 14.2 Å². The van der Waals surface area contributed by atoms with Gasteiger partial charge in [0.25, 0.3) is 0 Å². The van der Waals surface area contributed by atoms with Crippen LogP contribution < -0.4 is 0 Å². The lowest BCUT2D eigenvalue weighted by molar-refractivity contribution is -0.150. The molecule has 2 fully saturated rings. The molecule has 2 aliphatic rings. The van der Waals surface area contributed by atoms with E-state index in [0.717, 1.165) is 25.7 Å². The summed E-state index contributed by atoms with van der Waals surface area (Å²) in [4.78, 5) is 37.4. The van der Waals surface area contributed by atoms with Crippen molar-refractivity contribution in [2.45, 2.75) is 77.5 Å². The number of carbonyl (C=O) groups is 3. The van der Waals surface area contributed by atoms with Crippen molar-refractivity contribution in [1.82, 2.24) is 4.90 Å². The smallest absolute Gasteiger partial charge is 0.411 e. The molecule has 0 N–H and O–H groups in total. The van der Waals surface area contributed by atoms with Gasteiger partial charge in [-0.3, -0.25) is 14.5 Å². The summed E-state index contributed by atoms with van der Waals surface area (Å²) in [6.45, 7) is 8.03. The van der Waals surface area contributed by atoms with Gasteiger partial charge in [0, 0.05) is 6.42 Å². The average Bonchev–Trinajstić information content (AvgIpc) is 2.93. The molecular weight excluding hydrogens is 338 g/mol. The molecule has 1 atom stereocenters. The number of esters is 1. The number of carbonyl (C=O) groups excluding carboxylic acids is 3. The Bertz CT molecular complexity index is 519. The van der Waals surface area contributed by atoms with Crippen LogP contribution in [0.1, 0.15) is 59.8 Å². The van der Waals surface area contributed by atoms with E-state index in [1.54, 1.807) is 20.8 Å². The number of ether oxygens (including phenoxy) is 3. The minimum atomic E-state index is -0.598. The van der Waals surface area contributed by atoms with Crippen molar-refractivity contribution in [3.8, 4) is 0 Å². The van der Waals surface area contributed by atoms with Gasteiger partial charge in [-0.1, -0.05) is 0 Å². The molecule has 26 heavy (non-hydrogen) atoms. The lowest BCUT2D eigenvalue weighted by Crippen LogP contribution is -2.42. The van der Waals surface area contributed by atoms with Crippen molar-refractivity contribution >= 4 is 17.8 Å². The van der Waals surface area contributed by atoms with Gasteiger partial charge in [0.05, 0.1) is 37.8 Å². The molecule has 0 aromatic heterocycles. The maximum absolute atomic E-state index is 12.3. The van der Waals surface area contributed by atoms with Crippen LogP contribution >= 0.6 is 0 Å². The Kier molecular flexibility index (Phi) is 7.03. The molecule has 1 amide bonds. The third-order valence-corrected chi connectivity index (χ3v) is 4.70. The molecule has 148 valence electrons. The lowest BCUT2D eigenvalue weighted by Gasteiger charge is -2.31. The molecule has 7 nitrogen and oxygen atoms in total. The van der Waals surface area contributed by atoms with Crippen LogP contribution in [-0.2, 0) is 23.8 Å². The molecule has 0 radical (unpaired) electrons. The molecule has 0 aromatic carbocycles. The Labute approximate surface area is 155 Å². The second-order valence-corrected chi connectivity index (χ2v) is 8.06. The van der Waals surface area contributed by atoms with Crippen LogP contribution in [0.4, 0.5) is 4.79 Å².